The molecule has 3 aliphatic rings. The standard InChI is InChI=1S/C22H28ClN3O3/c1-14-9-15(3-4-20(14)23)19-10-17(19)11-24-22(28)25(2)18-5-7-26(12-18)21(27)16-6-8-29-13-16/h3-4,9,11,16-19H,5-8,10,12-13H2,1-2H3/b24-11-/t16-,17?,18+,19+/m1/s1. The summed E-state index contributed by atoms with van der Waals surface area (Å²) in [7, 11) is 1.78. The predicted molar refractivity (Wildman–Crippen MR) is 113 cm³/mol. The highest BCUT2D eigenvalue weighted by atomic mass is 35.5. The van der Waals surface area contributed by atoms with Crippen molar-refractivity contribution in [2.24, 2.45) is 16.8 Å². The molecule has 1 saturated carbocycles. The molecule has 1 unspecified atom stereocenters. The monoisotopic (exact) mass is 417 g/mol. The van der Waals surface area contributed by atoms with Crippen molar-refractivity contribution in [3.63, 3.8) is 0 Å². The van der Waals surface area contributed by atoms with Gasteiger partial charge in [-0.3, -0.25) is 4.79 Å². The zero-order chi connectivity index (χ0) is 20.5. The fourth-order valence-corrected chi connectivity index (χ4v) is 4.43. The van der Waals surface area contributed by atoms with Gasteiger partial charge >= 0.3 is 6.03 Å². The Hall–Kier alpha value is -1.92. The topological polar surface area (TPSA) is 62.2 Å². The lowest BCUT2D eigenvalue weighted by Gasteiger charge is -2.24. The number of likely N-dealkylation sites (tertiary alicyclic amines) is 1. The molecule has 6 nitrogen and oxygen atoms in total. The van der Waals surface area contributed by atoms with Crippen LogP contribution in [0.5, 0.6) is 0 Å². The van der Waals surface area contributed by atoms with E-state index in [2.05, 4.69) is 17.1 Å². The highest BCUT2D eigenvalue weighted by Gasteiger charge is 2.38. The van der Waals surface area contributed by atoms with Crippen molar-refractivity contribution < 1.29 is 14.3 Å². The number of rotatable bonds is 4. The van der Waals surface area contributed by atoms with Gasteiger partial charge in [0.1, 0.15) is 0 Å². The molecule has 1 aromatic rings. The average molecular weight is 418 g/mol. The molecule has 7 heteroatoms. The van der Waals surface area contributed by atoms with Crippen molar-refractivity contribution in [1.29, 1.82) is 0 Å². The molecule has 0 radical (unpaired) electrons. The lowest BCUT2D eigenvalue weighted by atomic mass is 10.1. The molecule has 29 heavy (non-hydrogen) atoms. The van der Waals surface area contributed by atoms with Gasteiger partial charge in [-0.1, -0.05) is 23.7 Å². The van der Waals surface area contributed by atoms with Crippen LogP contribution in [0.1, 0.15) is 36.3 Å². The number of halogens is 1. The molecule has 1 aliphatic carbocycles. The fraction of sp³-hybridized carbons (Fsp3) is 0.591. The molecule has 1 aromatic carbocycles. The van der Waals surface area contributed by atoms with E-state index in [1.807, 2.05) is 17.9 Å². The van der Waals surface area contributed by atoms with Gasteiger partial charge in [0.15, 0.2) is 0 Å². The molecule has 0 N–H and O–H groups in total. The largest absolute Gasteiger partial charge is 0.381 e. The van der Waals surface area contributed by atoms with Crippen LogP contribution in [0.15, 0.2) is 23.2 Å². The minimum absolute atomic E-state index is 0.0175. The third-order valence-electron chi connectivity index (χ3n) is 6.43. The van der Waals surface area contributed by atoms with Crippen molar-refractivity contribution in [2.45, 2.75) is 38.1 Å². The van der Waals surface area contributed by atoms with Gasteiger partial charge in [-0.25, -0.2) is 9.79 Å². The number of benzene rings is 1. The van der Waals surface area contributed by atoms with Crippen molar-refractivity contribution in [1.82, 2.24) is 9.80 Å². The van der Waals surface area contributed by atoms with Crippen LogP contribution >= 0.6 is 11.6 Å². The molecule has 4 rings (SSSR count). The van der Waals surface area contributed by atoms with Gasteiger partial charge in [-0.15, -0.1) is 0 Å². The second-order valence-electron chi connectivity index (χ2n) is 8.47. The fourth-order valence-electron chi connectivity index (χ4n) is 4.31. The Labute approximate surface area is 176 Å². The van der Waals surface area contributed by atoms with E-state index in [-0.39, 0.29) is 23.9 Å². The Balaban J connectivity index is 1.27. The summed E-state index contributed by atoms with van der Waals surface area (Å²) >= 11 is 6.10. The summed E-state index contributed by atoms with van der Waals surface area (Å²) in [4.78, 5) is 32.8. The third-order valence-corrected chi connectivity index (χ3v) is 6.85. The summed E-state index contributed by atoms with van der Waals surface area (Å²) in [5.74, 6) is 0.863. The number of aliphatic imine (C=N–C) groups is 1. The minimum atomic E-state index is -0.230. The van der Waals surface area contributed by atoms with Crippen molar-refractivity contribution in [2.75, 3.05) is 33.4 Å². The molecule has 3 fully saturated rings. The molecule has 156 valence electrons. The molecule has 2 heterocycles. The molecule has 0 bridgehead atoms. The van der Waals surface area contributed by atoms with Crippen LogP contribution in [0.25, 0.3) is 0 Å². The summed E-state index contributed by atoms with van der Waals surface area (Å²) in [5.41, 5.74) is 2.33. The quantitative estimate of drug-likeness (QED) is 0.704. The first kappa shape index (κ1) is 20.4. The van der Waals surface area contributed by atoms with E-state index in [9.17, 15) is 9.59 Å². The van der Waals surface area contributed by atoms with E-state index < -0.39 is 0 Å². The number of hydrogen-bond donors (Lipinski definition) is 0. The Kier molecular flexibility index (Phi) is 5.93. The lowest BCUT2D eigenvalue weighted by molar-refractivity contribution is -0.134. The van der Waals surface area contributed by atoms with Gasteiger partial charge in [0, 0.05) is 43.9 Å². The van der Waals surface area contributed by atoms with Crippen LogP contribution in [-0.4, -0.2) is 67.3 Å². The molecule has 2 saturated heterocycles. The van der Waals surface area contributed by atoms with Gasteiger partial charge in [0.2, 0.25) is 5.91 Å². The number of hydrogen-bond acceptors (Lipinski definition) is 3. The van der Waals surface area contributed by atoms with Crippen LogP contribution in [0.2, 0.25) is 5.02 Å². The molecule has 0 spiro atoms. The highest BCUT2D eigenvalue weighted by Crippen LogP contribution is 2.46. The summed E-state index contributed by atoms with van der Waals surface area (Å²) in [6.45, 7) is 4.48. The number of carbonyl (C=O) groups is 2. The van der Waals surface area contributed by atoms with E-state index >= 15 is 0 Å². The van der Waals surface area contributed by atoms with Gasteiger partial charge < -0.3 is 14.5 Å². The van der Waals surface area contributed by atoms with Crippen molar-refractivity contribution >= 4 is 29.8 Å². The van der Waals surface area contributed by atoms with Crippen LogP contribution in [0.4, 0.5) is 4.79 Å². The van der Waals surface area contributed by atoms with Gasteiger partial charge in [-0.2, -0.15) is 0 Å². The average Bonchev–Trinajstić information content (AvgIpc) is 3.12. The number of amides is 3. The maximum atomic E-state index is 12.5. The lowest BCUT2D eigenvalue weighted by Crippen LogP contribution is -2.40. The summed E-state index contributed by atoms with van der Waals surface area (Å²) in [6.07, 6.45) is 4.40. The molecular weight excluding hydrogens is 390 g/mol. The smallest absolute Gasteiger partial charge is 0.343 e. The summed E-state index contributed by atoms with van der Waals surface area (Å²) in [6, 6.07) is 5.91. The first-order chi connectivity index (χ1) is 13.9. The number of carbonyl (C=O) groups excluding carboxylic acids is 2. The first-order valence-electron chi connectivity index (χ1n) is 10.4. The predicted octanol–water partition coefficient (Wildman–Crippen LogP) is 3.51. The Morgan fingerprint density at radius 3 is 2.90 bits per heavy atom. The van der Waals surface area contributed by atoms with Gasteiger partial charge in [0.05, 0.1) is 18.6 Å². The Bertz CT molecular complexity index is 822. The van der Waals surface area contributed by atoms with E-state index in [1.54, 1.807) is 18.2 Å². The molecule has 3 amide bonds. The van der Waals surface area contributed by atoms with Crippen molar-refractivity contribution in [3.8, 4) is 0 Å². The van der Waals surface area contributed by atoms with Crippen LogP contribution in [-0.2, 0) is 9.53 Å². The van der Waals surface area contributed by atoms with E-state index in [4.69, 9.17) is 16.3 Å². The van der Waals surface area contributed by atoms with Crippen LogP contribution in [0, 0.1) is 18.8 Å². The molecule has 0 aromatic heterocycles. The van der Waals surface area contributed by atoms with Crippen molar-refractivity contribution in [3.05, 3.63) is 34.3 Å². The second-order valence-corrected chi connectivity index (χ2v) is 8.88. The second kappa shape index (κ2) is 8.44. The SMILES string of the molecule is Cc1cc([C@@H]2CC2/C=N\C(=O)N(C)[C@H]2CCN(C(=O)[C@@H]3CCOC3)C2)ccc1Cl. The highest BCUT2D eigenvalue weighted by molar-refractivity contribution is 6.31. The number of ether oxygens (including phenoxy) is 1. The Morgan fingerprint density at radius 1 is 1.34 bits per heavy atom. The Morgan fingerprint density at radius 2 is 2.17 bits per heavy atom. The van der Waals surface area contributed by atoms with E-state index in [0.29, 0.717) is 38.1 Å². The number of nitrogens with zero attached hydrogens (tertiary/aromatic N) is 3. The minimum Gasteiger partial charge on any atom is -0.381 e. The maximum Gasteiger partial charge on any atom is 0.343 e. The van der Waals surface area contributed by atoms with E-state index in [0.717, 1.165) is 29.8 Å². The number of urea groups is 1. The maximum absolute atomic E-state index is 12.5. The molecule has 4 atom stereocenters. The van der Waals surface area contributed by atoms with Crippen LogP contribution in [0.3, 0.4) is 0 Å². The normalized spacial score (nSPS) is 28.9. The van der Waals surface area contributed by atoms with E-state index in [1.165, 1.54) is 5.56 Å². The number of likely N-dealkylation sites (N-methyl/N-ethyl adjacent to an activating group) is 1. The van der Waals surface area contributed by atoms with Gasteiger partial charge in [-0.05, 0) is 49.3 Å². The molecular formula is C22H28ClN3O3. The number of aryl methyl sites for hydroxylation is 1. The first-order valence-corrected chi connectivity index (χ1v) is 10.8. The third kappa shape index (κ3) is 4.48. The summed E-state index contributed by atoms with van der Waals surface area (Å²) < 4.78 is 5.33. The zero-order valence-electron chi connectivity index (χ0n) is 17.0. The molecule has 2 aliphatic heterocycles. The zero-order valence-corrected chi connectivity index (χ0v) is 17.8. The van der Waals surface area contributed by atoms with Crippen LogP contribution < -0.4 is 0 Å². The summed E-state index contributed by atoms with van der Waals surface area (Å²) in [5, 5.41) is 0.779. The van der Waals surface area contributed by atoms with Gasteiger partial charge in [0.25, 0.3) is 0 Å².